The van der Waals surface area contributed by atoms with Gasteiger partial charge in [-0.05, 0) is 48.2 Å². The monoisotopic (exact) mass is 386 g/mol. The van der Waals surface area contributed by atoms with Gasteiger partial charge in [0, 0.05) is 30.6 Å². The summed E-state index contributed by atoms with van der Waals surface area (Å²) in [6, 6.07) is 15.3. The van der Waals surface area contributed by atoms with Crippen molar-refractivity contribution in [3.8, 4) is 0 Å². The number of amides is 2. The molecule has 2 aromatic carbocycles. The van der Waals surface area contributed by atoms with Crippen LogP contribution in [-0.4, -0.2) is 17.9 Å². The van der Waals surface area contributed by atoms with Crippen molar-refractivity contribution in [2.24, 2.45) is 0 Å². The van der Waals surface area contributed by atoms with Crippen LogP contribution in [-0.2, 0) is 14.3 Å². The number of rotatable bonds is 4. The molecule has 0 saturated carbocycles. The average molecular weight is 387 g/mol. The molecule has 1 aliphatic rings. The molecule has 0 aliphatic carbocycles. The molecule has 6 heteroatoms. The lowest BCUT2D eigenvalue weighted by atomic mass is 9.91. The maximum Gasteiger partial charge on any atom is 0.221 e. The van der Waals surface area contributed by atoms with Crippen molar-refractivity contribution in [1.82, 2.24) is 5.32 Å². The minimum atomic E-state index is -0.150. The van der Waals surface area contributed by atoms with Gasteiger partial charge in [0.25, 0.3) is 0 Å². The number of carbonyl (C=O) groups excluding carboxylic acids is 2. The lowest BCUT2D eigenvalue weighted by Gasteiger charge is -2.36. The molecule has 2 amide bonds. The highest BCUT2D eigenvalue weighted by molar-refractivity contribution is 6.30. The van der Waals surface area contributed by atoms with Gasteiger partial charge in [0.15, 0.2) is 0 Å². The van der Waals surface area contributed by atoms with Crippen LogP contribution in [0.2, 0.25) is 5.02 Å². The first kappa shape index (κ1) is 19.4. The molecule has 1 saturated heterocycles. The number of benzene rings is 2. The van der Waals surface area contributed by atoms with Crippen molar-refractivity contribution in [3.63, 3.8) is 0 Å². The molecule has 3 rings (SSSR count). The zero-order valence-electron chi connectivity index (χ0n) is 15.4. The Morgan fingerprint density at radius 1 is 0.889 bits per heavy atom. The van der Waals surface area contributed by atoms with Crippen molar-refractivity contribution in [2.45, 2.75) is 44.9 Å². The van der Waals surface area contributed by atoms with Gasteiger partial charge in [-0.25, -0.2) is 0 Å². The Hall–Kier alpha value is -2.37. The molecule has 142 valence electrons. The summed E-state index contributed by atoms with van der Waals surface area (Å²) < 4.78 is 6.35. The third-order valence-corrected chi connectivity index (χ3v) is 4.83. The highest BCUT2D eigenvalue weighted by Gasteiger charge is 2.31. The van der Waals surface area contributed by atoms with E-state index >= 15 is 0 Å². The zero-order valence-corrected chi connectivity index (χ0v) is 16.1. The van der Waals surface area contributed by atoms with Crippen molar-refractivity contribution < 1.29 is 14.3 Å². The molecule has 3 atom stereocenters. The molecule has 0 spiro atoms. The number of nitrogens with one attached hydrogen (secondary N) is 2. The van der Waals surface area contributed by atoms with Crippen LogP contribution in [0.4, 0.5) is 5.69 Å². The van der Waals surface area contributed by atoms with Crippen molar-refractivity contribution in [3.05, 3.63) is 64.7 Å². The van der Waals surface area contributed by atoms with Crippen LogP contribution in [0.3, 0.4) is 0 Å². The van der Waals surface area contributed by atoms with E-state index < -0.39 is 0 Å². The summed E-state index contributed by atoms with van der Waals surface area (Å²) in [6.07, 6.45) is 1.13. The van der Waals surface area contributed by atoms with Crippen LogP contribution in [0.15, 0.2) is 48.5 Å². The molecule has 2 N–H and O–H groups in total. The first-order chi connectivity index (χ1) is 12.9. The highest BCUT2D eigenvalue weighted by atomic mass is 35.5. The molecule has 1 fully saturated rings. The second-order valence-electron chi connectivity index (χ2n) is 6.84. The molecule has 1 heterocycles. The van der Waals surface area contributed by atoms with Gasteiger partial charge >= 0.3 is 0 Å². The van der Waals surface area contributed by atoms with Gasteiger partial charge in [0.2, 0.25) is 11.8 Å². The fourth-order valence-corrected chi connectivity index (χ4v) is 3.54. The van der Waals surface area contributed by atoms with Crippen LogP contribution >= 0.6 is 11.6 Å². The topological polar surface area (TPSA) is 67.4 Å². The normalized spacial score (nSPS) is 22.1. The van der Waals surface area contributed by atoms with Gasteiger partial charge in [-0.3, -0.25) is 9.59 Å². The van der Waals surface area contributed by atoms with E-state index in [0.29, 0.717) is 17.9 Å². The SMILES string of the molecule is CC(=O)Nc1ccc([C@H]2C[C@@H](NC(C)=O)C[C@@H](c3ccc(Cl)cc3)O2)cc1. The molecule has 0 bridgehead atoms. The van der Waals surface area contributed by atoms with Crippen LogP contribution in [0, 0.1) is 0 Å². The molecule has 27 heavy (non-hydrogen) atoms. The standard InChI is InChI=1S/C21H23ClN2O3/c1-13(25)23-18-9-5-16(6-10-18)21-12-19(24-14(2)26)11-20(27-21)15-3-7-17(22)8-4-15/h3-10,19-21H,11-12H2,1-2H3,(H,23,25)(H,24,26)/t19-,20-,21+/m0/s1. The summed E-state index contributed by atoms with van der Waals surface area (Å²) in [6.45, 7) is 3.01. The van der Waals surface area contributed by atoms with Crippen LogP contribution in [0.5, 0.6) is 0 Å². The third kappa shape index (κ3) is 5.31. The molecule has 5 nitrogen and oxygen atoms in total. The smallest absolute Gasteiger partial charge is 0.221 e. The lowest BCUT2D eigenvalue weighted by Crippen LogP contribution is -2.39. The van der Waals surface area contributed by atoms with E-state index in [-0.39, 0.29) is 30.1 Å². The van der Waals surface area contributed by atoms with E-state index in [1.165, 1.54) is 13.8 Å². The largest absolute Gasteiger partial charge is 0.365 e. The van der Waals surface area contributed by atoms with Gasteiger partial charge in [-0.2, -0.15) is 0 Å². The second-order valence-corrected chi connectivity index (χ2v) is 7.27. The summed E-state index contributed by atoms with van der Waals surface area (Å²) >= 11 is 6.00. The van der Waals surface area contributed by atoms with Gasteiger partial charge in [0.1, 0.15) is 0 Å². The third-order valence-electron chi connectivity index (χ3n) is 4.58. The van der Waals surface area contributed by atoms with E-state index in [1.807, 2.05) is 48.5 Å². The van der Waals surface area contributed by atoms with Gasteiger partial charge < -0.3 is 15.4 Å². The van der Waals surface area contributed by atoms with Crippen molar-refractivity contribution in [1.29, 1.82) is 0 Å². The predicted octanol–water partition coefficient (Wildman–Crippen LogP) is 4.40. The zero-order chi connectivity index (χ0) is 19.4. The lowest BCUT2D eigenvalue weighted by molar-refractivity contribution is -0.122. The van der Waals surface area contributed by atoms with E-state index in [0.717, 1.165) is 16.8 Å². The number of hydrogen-bond acceptors (Lipinski definition) is 3. The molecule has 1 aliphatic heterocycles. The second kappa shape index (κ2) is 8.55. The summed E-state index contributed by atoms with van der Waals surface area (Å²) in [5.41, 5.74) is 2.79. The summed E-state index contributed by atoms with van der Waals surface area (Å²) in [7, 11) is 0. The highest BCUT2D eigenvalue weighted by Crippen LogP contribution is 2.39. The van der Waals surface area contributed by atoms with E-state index in [1.54, 1.807) is 0 Å². The Morgan fingerprint density at radius 2 is 1.41 bits per heavy atom. The fraction of sp³-hybridized carbons (Fsp3) is 0.333. The summed E-state index contributed by atoms with van der Waals surface area (Å²) in [5.74, 6) is -0.151. The van der Waals surface area contributed by atoms with Crippen molar-refractivity contribution >= 4 is 29.1 Å². The Labute approximate surface area is 164 Å². The Balaban J connectivity index is 1.81. The van der Waals surface area contributed by atoms with E-state index in [9.17, 15) is 9.59 Å². The summed E-state index contributed by atoms with van der Waals surface area (Å²) in [4.78, 5) is 22.8. The van der Waals surface area contributed by atoms with Crippen LogP contribution < -0.4 is 10.6 Å². The average Bonchev–Trinajstić information content (AvgIpc) is 2.61. The predicted molar refractivity (Wildman–Crippen MR) is 106 cm³/mol. The number of halogens is 1. The number of ether oxygens (including phenoxy) is 1. The first-order valence-electron chi connectivity index (χ1n) is 8.96. The van der Waals surface area contributed by atoms with Gasteiger partial charge in [0.05, 0.1) is 12.2 Å². The Morgan fingerprint density at radius 3 is 1.89 bits per heavy atom. The minimum Gasteiger partial charge on any atom is -0.365 e. The molecule has 2 aromatic rings. The number of anilines is 1. The first-order valence-corrected chi connectivity index (χ1v) is 9.34. The molecule has 0 radical (unpaired) electrons. The molecular weight excluding hydrogens is 364 g/mol. The Bertz CT molecular complexity index is 805. The minimum absolute atomic E-state index is 0.0250. The van der Waals surface area contributed by atoms with Gasteiger partial charge in [-0.15, -0.1) is 0 Å². The number of hydrogen-bond donors (Lipinski definition) is 2. The van der Waals surface area contributed by atoms with Crippen LogP contribution in [0.1, 0.15) is 50.0 Å². The van der Waals surface area contributed by atoms with Gasteiger partial charge in [-0.1, -0.05) is 35.9 Å². The fourth-order valence-electron chi connectivity index (χ4n) is 3.42. The number of carbonyl (C=O) groups is 2. The van der Waals surface area contributed by atoms with E-state index in [4.69, 9.17) is 16.3 Å². The quantitative estimate of drug-likeness (QED) is 0.818. The maximum absolute atomic E-state index is 11.6. The van der Waals surface area contributed by atoms with E-state index in [2.05, 4.69) is 10.6 Å². The summed E-state index contributed by atoms with van der Waals surface area (Å²) in [5, 5.41) is 6.47. The molecular formula is C21H23ClN2O3. The molecule has 0 unspecified atom stereocenters. The van der Waals surface area contributed by atoms with Crippen molar-refractivity contribution in [2.75, 3.05) is 5.32 Å². The maximum atomic E-state index is 11.6. The van der Waals surface area contributed by atoms with Crippen LogP contribution in [0.25, 0.3) is 0 Å². The Kier molecular flexibility index (Phi) is 6.14. The molecule has 0 aromatic heterocycles.